The first-order chi connectivity index (χ1) is 6.29. The van der Waals surface area contributed by atoms with Gasteiger partial charge in [-0.05, 0) is 0 Å². The number of rotatable bonds is 6. The fourth-order valence-electron chi connectivity index (χ4n) is 0.809. The van der Waals surface area contributed by atoms with Gasteiger partial charge in [-0.25, -0.2) is 0 Å². The minimum absolute atomic E-state index is 0.778. The third kappa shape index (κ3) is 4.26. The van der Waals surface area contributed by atoms with Crippen LogP contribution in [0.5, 0.6) is 0 Å². The van der Waals surface area contributed by atoms with E-state index in [1.165, 1.54) is 6.20 Å². The normalized spacial score (nSPS) is 11.1. The molecule has 0 aromatic heterocycles. The number of aliphatic imine (C=N–C) groups is 1. The fraction of sp³-hybridized carbons (Fsp3) is 0. The second-order valence-electron chi connectivity index (χ2n) is 2.16. The predicted octanol–water partition coefficient (Wildman–Crippen LogP) is 1.58. The fourth-order valence-corrected chi connectivity index (χ4v) is 0.809. The Morgan fingerprint density at radius 3 is 2.15 bits per heavy atom. The predicted molar refractivity (Wildman–Crippen MR) is 64.7 cm³/mol. The molecule has 0 N–H and O–H groups in total. The molecule has 0 aromatic rings. The Balaban J connectivity index is 4.88. The van der Waals surface area contributed by atoms with Crippen LogP contribution in [0, 0.1) is 0 Å². The zero-order valence-electron chi connectivity index (χ0n) is 7.74. The molecule has 0 fully saturated rings. The molecule has 0 aliphatic rings. The Bertz CT molecular complexity index is 275. The molecule has 0 aliphatic heterocycles. The number of nitrogens with zero attached hydrogens (tertiary/aromatic N) is 1. The van der Waals surface area contributed by atoms with Gasteiger partial charge in [-0.3, -0.25) is 0 Å². The van der Waals surface area contributed by atoms with Crippen molar-refractivity contribution in [2.24, 2.45) is 4.99 Å². The molecule has 0 aromatic carbocycles. The summed E-state index contributed by atoms with van der Waals surface area (Å²) in [6, 6.07) is 0. The van der Waals surface area contributed by atoms with Crippen molar-refractivity contribution < 1.29 is 0 Å². The van der Waals surface area contributed by atoms with E-state index in [1.54, 1.807) is 25.3 Å². The monoisotopic (exact) mass is 168 g/mol. The average Bonchev–Trinajstić information content (AvgIpc) is 2.14. The van der Waals surface area contributed by atoms with Crippen molar-refractivity contribution in [2.45, 2.75) is 0 Å². The summed E-state index contributed by atoms with van der Waals surface area (Å²) in [6.07, 6.45) is 3.19. The molecule has 0 saturated heterocycles. The van der Waals surface area contributed by atoms with Gasteiger partial charge in [0.05, 0.1) is 0 Å². The molecule has 0 atom stereocenters. The van der Waals surface area contributed by atoms with Gasteiger partial charge in [0, 0.05) is 0 Å². The van der Waals surface area contributed by atoms with Crippen LogP contribution in [0.1, 0.15) is 0 Å². The van der Waals surface area contributed by atoms with E-state index in [4.69, 9.17) is 0 Å². The first-order valence-electron chi connectivity index (χ1n) is 3.90. The van der Waals surface area contributed by atoms with E-state index >= 15 is 0 Å². The van der Waals surface area contributed by atoms with Crippen LogP contribution in [-0.4, -0.2) is 25.3 Å². The van der Waals surface area contributed by atoms with Crippen molar-refractivity contribution in [3.8, 4) is 0 Å². The van der Waals surface area contributed by atoms with Gasteiger partial charge < -0.3 is 0 Å². The van der Waals surface area contributed by atoms with E-state index in [0.29, 0.717) is 0 Å². The standard InChI is InChI=1S/C10H12B2N/c1-5-9(11-6-2)10(12-7-3)13-8-4/h5-8H,1-4H2. The van der Waals surface area contributed by atoms with Crippen LogP contribution in [0.15, 0.2) is 55.5 Å². The molecular formula is C10H12B2N. The molecular weight excluding hydrogens is 156 g/mol. The van der Waals surface area contributed by atoms with Gasteiger partial charge in [0.2, 0.25) is 0 Å². The average molecular weight is 168 g/mol. The first-order valence-corrected chi connectivity index (χ1v) is 3.90. The van der Waals surface area contributed by atoms with E-state index in [-0.39, 0.29) is 0 Å². The topological polar surface area (TPSA) is 12.4 Å². The van der Waals surface area contributed by atoms with Crippen LogP contribution in [0.25, 0.3) is 0 Å². The Morgan fingerprint density at radius 2 is 1.77 bits per heavy atom. The van der Waals surface area contributed by atoms with Crippen LogP contribution in [0.2, 0.25) is 0 Å². The maximum atomic E-state index is 4.07. The Morgan fingerprint density at radius 1 is 1.08 bits per heavy atom. The molecule has 3 heteroatoms. The zero-order valence-corrected chi connectivity index (χ0v) is 7.74. The molecule has 0 bridgehead atoms. The quantitative estimate of drug-likeness (QED) is 0.421. The Hall–Kier alpha value is -1.37. The van der Waals surface area contributed by atoms with Crippen molar-refractivity contribution in [3.63, 3.8) is 0 Å². The van der Waals surface area contributed by atoms with Crippen LogP contribution >= 0.6 is 0 Å². The van der Waals surface area contributed by atoms with E-state index in [2.05, 4.69) is 31.3 Å². The van der Waals surface area contributed by atoms with Gasteiger partial charge in [-0.15, -0.1) is 0 Å². The summed E-state index contributed by atoms with van der Waals surface area (Å²) in [6.45, 7) is 16.2. The van der Waals surface area contributed by atoms with Gasteiger partial charge in [0.15, 0.2) is 0 Å². The van der Waals surface area contributed by atoms with Crippen molar-refractivity contribution in [3.05, 3.63) is 50.5 Å². The number of hydrogen-bond donors (Lipinski definition) is 0. The molecule has 0 unspecified atom stereocenters. The Labute approximate surface area is 81.4 Å². The van der Waals surface area contributed by atoms with Gasteiger partial charge in [0.1, 0.15) is 0 Å². The van der Waals surface area contributed by atoms with Crippen molar-refractivity contribution >= 4 is 25.3 Å². The minimum atomic E-state index is 0.778. The van der Waals surface area contributed by atoms with Crippen molar-refractivity contribution in [1.29, 1.82) is 0 Å². The number of allylic oxidation sites excluding steroid dienone is 1. The van der Waals surface area contributed by atoms with Gasteiger partial charge >= 0.3 is 80.8 Å². The summed E-state index contributed by atoms with van der Waals surface area (Å²) in [5, 5.41) is 0. The molecule has 1 radical (unpaired) electrons. The molecule has 0 heterocycles. The van der Waals surface area contributed by atoms with Crippen LogP contribution in [0.4, 0.5) is 0 Å². The van der Waals surface area contributed by atoms with Gasteiger partial charge in [0.25, 0.3) is 0 Å². The molecule has 0 saturated carbocycles. The summed E-state index contributed by atoms with van der Waals surface area (Å²) < 4.78 is 0. The third-order valence-electron chi connectivity index (χ3n) is 1.32. The van der Waals surface area contributed by atoms with Crippen molar-refractivity contribution in [1.82, 2.24) is 0 Å². The second kappa shape index (κ2) is 7.29. The van der Waals surface area contributed by atoms with E-state index in [0.717, 1.165) is 11.1 Å². The Kier molecular flexibility index (Phi) is 6.52. The first kappa shape index (κ1) is 11.6. The van der Waals surface area contributed by atoms with E-state index in [1.807, 2.05) is 6.92 Å². The molecule has 0 rings (SSSR count). The molecule has 63 valence electrons. The van der Waals surface area contributed by atoms with Gasteiger partial charge in [-0.2, -0.15) is 0 Å². The van der Waals surface area contributed by atoms with E-state index in [9.17, 15) is 0 Å². The molecule has 1 nitrogen and oxygen atoms in total. The summed E-state index contributed by atoms with van der Waals surface area (Å²) in [4.78, 5) is 4.07. The van der Waals surface area contributed by atoms with E-state index < -0.39 is 0 Å². The summed E-state index contributed by atoms with van der Waals surface area (Å²) >= 11 is 0. The molecule has 13 heavy (non-hydrogen) atoms. The van der Waals surface area contributed by atoms with Crippen LogP contribution in [-0.2, 0) is 0 Å². The van der Waals surface area contributed by atoms with Crippen LogP contribution in [0.3, 0.4) is 0 Å². The molecule has 0 spiro atoms. The maximum absolute atomic E-state index is 4.07. The summed E-state index contributed by atoms with van der Waals surface area (Å²) in [5.74, 6) is 3.36. The van der Waals surface area contributed by atoms with Crippen LogP contribution < -0.4 is 0 Å². The van der Waals surface area contributed by atoms with Gasteiger partial charge in [-0.1, -0.05) is 0 Å². The van der Waals surface area contributed by atoms with Crippen molar-refractivity contribution in [2.75, 3.05) is 0 Å². The zero-order chi connectivity index (χ0) is 10.1. The molecule has 0 aliphatic carbocycles. The molecule has 0 amide bonds. The SMILES string of the molecule is C=C[B]C(=NC=C)C(=BC=C)C=C. The number of hydrogen-bond acceptors (Lipinski definition) is 1. The second-order valence-corrected chi connectivity index (χ2v) is 2.16. The summed E-state index contributed by atoms with van der Waals surface area (Å²) in [7, 11) is 1.79. The third-order valence-corrected chi connectivity index (χ3v) is 1.32. The summed E-state index contributed by atoms with van der Waals surface area (Å²) in [5.41, 5.74) is 1.68.